The van der Waals surface area contributed by atoms with Gasteiger partial charge in [0, 0.05) is 18.3 Å². The lowest BCUT2D eigenvalue weighted by atomic mass is 10.1. The second-order valence-corrected chi connectivity index (χ2v) is 5.09. The van der Waals surface area contributed by atoms with Gasteiger partial charge in [-0.3, -0.25) is 0 Å². The Morgan fingerprint density at radius 2 is 1.36 bits per heavy atom. The van der Waals surface area contributed by atoms with Gasteiger partial charge in [-0.05, 0) is 18.1 Å². The minimum atomic E-state index is -1.08. The van der Waals surface area contributed by atoms with Crippen molar-refractivity contribution in [3.05, 3.63) is 71.8 Å². The van der Waals surface area contributed by atoms with Crippen LogP contribution in [0.15, 0.2) is 60.7 Å². The zero-order valence-corrected chi connectivity index (χ0v) is 12.7. The van der Waals surface area contributed by atoms with Crippen molar-refractivity contribution in [2.75, 3.05) is 13.7 Å². The molecule has 0 heterocycles. The van der Waals surface area contributed by atoms with E-state index >= 15 is 0 Å². The minimum absolute atomic E-state index is 0.327. The third-order valence-corrected chi connectivity index (χ3v) is 3.89. The van der Waals surface area contributed by atoms with E-state index in [0.717, 1.165) is 22.3 Å². The van der Waals surface area contributed by atoms with Gasteiger partial charge in [0.1, 0.15) is 0 Å². The van der Waals surface area contributed by atoms with E-state index in [-0.39, 0.29) is 5.97 Å². The number of rotatable bonds is 5. The number of ether oxygens (including phenoxy) is 2. The number of carbonyl (C=O) groups is 1. The van der Waals surface area contributed by atoms with Gasteiger partial charge >= 0.3 is 5.97 Å². The third-order valence-electron chi connectivity index (χ3n) is 3.89. The zero-order chi connectivity index (χ0) is 15.6. The molecule has 2 aromatic rings. The molecule has 0 aliphatic heterocycles. The maximum Gasteiger partial charge on any atom is 0.347 e. The fourth-order valence-corrected chi connectivity index (χ4v) is 2.89. The summed E-state index contributed by atoms with van der Waals surface area (Å²) in [7, 11) is 1.55. The molecule has 0 atom stereocenters. The summed E-state index contributed by atoms with van der Waals surface area (Å²) in [5, 5.41) is 0. The van der Waals surface area contributed by atoms with Gasteiger partial charge in [0.2, 0.25) is 5.60 Å². The Balaban J connectivity index is 2.11. The van der Waals surface area contributed by atoms with E-state index in [1.807, 2.05) is 60.7 Å². The van der Waals surface area contributed by atoms with Crippen molar-refractivity contribution in [1.29, 1.82) is 0 Å². The number of carbonyl (C=O) groups excluding carboxylic acids is 1. The number of methoxy groups -OCH3 is 1. The van der Waals surface area contributed by atoms with Gasteiger partial charge < -0.3 is 9.47 Å². The molecule has 1 aliphatic carbocycles. The highest BCUT2D eigenvalue weighted by Gasteiger charge is 2.62. The molecule has 0 fully saturated rings. The Bertz CT molecular complexity index is 652. The first-order valence-electron chi connectivity index (χ1n) is 7.34. The van der Waals surface area contributed by atoms with Crippen LogP contribution in [0.2, 0.25) is 0 Å². The van der Waals surface area contributed by atoms with Crippen LogP contribution in [0.1, 0.15) is 18.1 Å². The molecule has 0 radical (unpaired) electrons. The summed E-state index contributed by atoms with van der Waals surface area (Å²) in [6.07, 6.45) is 0. The summed E-state index contributed by atoms with van der Waals surface area (Å²) in [6, 6.07) is 19.7. The molecule has 3 rings (SSSR count). The number of hydrogen-bond donors (Lipinski definition) is 0. The predicted molar refractivity (Wildman–Crippen MR) is 86.1 cm³/mol. The number of hydrogen-bond acceptors (Lipinski definition) is 3. The average molecular weight is 294 g/mol. The van der Waals surface area contributed by atoms with E-state index in [9.17, 15) is 4.79 Å². The van der Waals surface area contributed by atoms with Crippen LogP contribution >= 0.6 is 0 Å². The highest BCUT2D eigenvalue weighted by Crippen LogP contribution is 2.59. The molecule has 0 spiro atoms. The molecule has 3 heteroatoms. The summed E-state index contributed by atoms with van der Waals surface area (Å²) in [4.78, 5) is 12.5. The molecule has 0 bridgehead atoms. The van der Waals surface area contributed by atoms with Crippen molar-refractivity contribution in [2.45, 2.75) is 12.5 Å². The Morgan fingerprint density at radius 1 is 0.909 bits per heavy atom. The normalized spacial score (nSPS) is 15.5. The summed E-state index contributed by atoms with van der Waals surface area (Å²) in [5.41, 5.74) is 2.66. The highest BCUT2D eigenvalue weighted by molar-refractivity contribution is 6.30. The maximum absolute atomic E-state index is 12.5. The Hall–Kier alpha value is -2.39. The first-order chi connectivity index (χ1) is 10.8. The fraction of sp³-hybridized carbons (Fsp3) is 0.211. The van der Waals surface area contributed by atoms with Crippen molar-refractivity contribution in [2.24, 2.45) is 0 Å². The molecule has 0 aromatic heterocycles. The molecule has 0 amide bonds. The van der Waals surface area contributed by atoms with E-state index in [4.69, 9.17) is 9.47 Å². The van der Waals surface area contributed by atoms with E-state index in [0.29, 0.717) is 6.61 Å². The van der Waals surface area contributed by atoms with Crippen LogP contribution in [-0.4, -0.2) is 25.3 Å². The van der Waals surface area contributed by atoms with Crippen molar-refractivity contribution < 1.29 is 14.3 Å². The first-order valence-corrected chi connectivity index (χ1v) is 7.34. The van der Waals surface area contributed by atoms with E-state index in [1.165, 1.54) is 0 Å². The summed E-state index contributed by atoms with van der Waals surface area (Å²) >= 11 is 0. The number of benzene rings is 2. The highest BCUT2D eigenvalue weighted by atomic mass is 16.6. The molecule has 0 saturated heterocycles. The van der Waals surface area contributed by atoms with Crippen LogP contribution in [0, 0.1) is 0 Å². The molecular weight excluding hydrogens is 276 g/mol. The van der Waals surface area contributed by atoms with Gasteiger partial charge in [-0.2, -0.15) is 0 Å². The van der Waals surface area contributed by atoms with E-state index < -0.39 is 5.60 Å². The van der Waals surface area contributed by atoms with Gasteiger partial charge in [-0.25, -0.2) is 4.79 Å². The van der Waals surface area contributed by atoms with Crippen LogP contribution in [-0.2, 0) is 14.3 Å². The lowest BCUT2D eigenvalue weighted by Crippen LogP contribution is -2.32. The molecule has 0 unspecified atom stereocenters. The van der Waals surface area contributed by atoms with Crippen molar-refractivity contribution in [3.63, 3.8) is 0 Å². The van der Waals surface area contributed by atoms with Crippen LogP contribution in [0.4, 0.5) is 0 Å². The molecule has 1 aliphatic rings. The van der Waals surface area contributed by atoms with Crippen molar-refractivity contribution in [1.82, 2.24) is 0 Å². The van der Waals surface area contributed by atoms with Crippen LogP contribution < -0.4 is 0 Å². The monoisotopic (exact) mass is 294 g/mol. The van der Waals surface area contributed by atoms with Crippen molar-refractivity contribution >= 4 is 17.1 Å². The molecule has 3 nitrogen and oxygen atoms in total. The van der Waals surface area contributed by atoms with Crippen LogP contribution in [0.5, 0.6) is 0 Å². The first kappa shape index (κ1) is 14.5. The quantitative estimate of drug-likeness (QED) is 0.791. The standard InChI is InChI=1S/C19H18O3/c1-3-22-18(20)19(21-2)16(14-10-6-4-7-11-14)17(19)15-12-8-5-9-13-15/h4-13H,3H2,1-2H3. The smallest absolute Gasteiger partial charge is 0.347 e. The second-order valence-electron chi connectivity index (χ2n) is 5.09. The summed E-state index contributed by atoms with van der Waals surface area (Å²) in [6.45, 7) is 2.13. The molecular formula is C19H18O3. The molecule has 112 valence electrons. The topological polar surface area (TPSA) is 35.5 Å². The summed E-state index contributed by atoms with van der Waals surface area (Å²) in [5.74, 6) is -0.352. The van der Waals surface area contributed by atoms with Crippen LogP contribution in [0.25, 0.3) is 11.1 Å². The van der Waals surface area contributed by atoms with Crippen LogP contribution in [0.3, 0.4) is 0 Å². The molecule has 0 saturated carbocycles. The summed E-state index contributed by atoms with van der Waals surface area (Å²) < 4.78 is 10.9. The molecule has 0 N–H and O–H groups in total. The Morgan fingerprint density at radius 3 is 1.73 bits per heavy atom. The average Bonchev–Trinajstić information content (AvgIpc) is 3.27. The van der Waals surface area contributed by atoms with Crippen molar-refractivity contribution in [3.8, 4) is 0 Å². The van der Waals surface area contributed by atoms with E-state index in [1.54, 1.807) is 14.0 Å². The zero-order valence-electron chi connectivity index (χ0n) is 12.7. The van der Waals surface area contributed by atoms with Gasteiger partial charge in [0.15, 0.2) is 0 Å². The SMILES string of the molecule is CCOC(=O)C1(OC)C(c2ccccc2)=C1c1ccccc1. The second kappa shape index (κ2) is 5.78. The molecule has 2 aromatic carbocycles. The lowest BCUT2D eigenvalue weighted by Gasteiger charge is -2.17. The predicted octanol–water partition coefficient (Wildman–Crippen LogP) is 3.56. The third kappa shape index (κ3) is 2.14. The lowest BCUT2D eigenvalue weighted by molar-refractivity contribution is -0.154. The Kier molecular flexibility index (Phi) is 3.82. The fourth-order valence-electron chi connectivity index (χ4n) is 2.89. The van der Waals surface area contributed by atoms with Gasteiger partial charge in [-0.15, -0.1) is 0 Å². The Labute approximate surface area is 130 Å². The number of esters is 1. The van der Waals surface area contributed by atoms with Gasteiger partial charge in [-0.1, -0.05) is 60.7 Å². The van der Waals surface area contributed by atoms with Gasteiger partial charge in [0.05, 0.1) is 6.61 Å². The maximum atomic E-state index is 12.5. The van der Waals surface area contributed by atoms with E-state index in [2.05, 4.69) is 0 Å². The largest absolute Gasteiger partial charge is 0.463 e. The van der Waals surface area contributed by atoms with Gasteiger partial charge in [0.25, 0.3) is 0 Å². The minimum Gasteiger partial charge on any atom is -0.463 e. The molecule has 22 heavy (non-hydrogen) atoms.